The predicted octanol–water partition coefficient (Wildman–Crippen LogP) is 5.87. The highest BCUT2D eigenvalue weighted by molar-refractivity contribution is 6.06. The highest BCUT2D eigenvalue weighted by atomic mass is 19.4. The van der Waals surface area contributed by atoms with E-state index in [9.17, 15) is 35.9 Å². The van der Waals surface area contributed by atoms with Crippen LogP contribution in [0.5, 0.6) is 0 Å². The van der Waals surface area contributed by atoms with E-state index in [0.717, 1.165) is 22.9 Å². The molecule has 224 valence electrons. The van der Waals surface area contributed by atoms with Gasteiger partial charge in [0.05, 0.1) is 5.41 Å². The quantitative estimate of drug-likeness (QED) is 0.294. The van der Waals surface area contributed by atoms with Crippen molar-refractivity contribution in [3.63, 3.8) is 0 Å². The van der Waals surface area contributed by atoms with Crippen molar-refractivity contribution < 1.29 is 35.9 Å². The Labute approximate surface area is 242 Å². The number of benzene rings is 1. The number of pyridine rings is 2. The van der Waals surface area contributed by atoms with Gasteiger partial charge in [-0.3, -0.25) is 14.6 Å². The molecule has 4 atom stereocenters. The number of carbonyl (C=O) groups is 2. The van der Waals surface area contributed by atoms with E-state index >= 15 is 0 Å². The Bertz CT molecular complexity index is 1660. The summed E-state index contributed by atoms with van der Waals surface area (Å²) < 4.78 is 83.0. The molecule has 1 aliphatic carbocycles. The van der Waals surface area contributed by atoms with Crippen molar-refractivity contribution in [3.05, 3.63) is 94.2 Å². The van der Waals surface area contributed by atoms with E-state index in [4.69, 9.17) is 0 Å². The molecule has 6 nitrogen and oxygen atoms in total. The largest absolute Gasteiger partial charge is 0.406 e. The van der Waals surface area contributed by atoms with Crippen LogP contribution in [0.2, 0.25) is 0 Å². The summed E-state index contributed by atoms with van der Waals surface area (Å²) in [6.07, 6.45) is 2.56. The molecule has 0 bridgehead atoms. The molecule has 1 N–H and O–H groups in total. The van der Waals surface area contributed by atoms with Gasteiger partial charge < -0.3 is 10.2 Å². The lowest BCUT2D eigenvalue weighted by Gasteiger charge is -2.43. The average molecular weight is 601 g/mol. The zero-order valence-electron chi connectivity index (χ0n) is 22.9. The standard InChI is InChI=1S/C31H26F6N4O2/c1-16-21(22-10-20(32)11-24(33)26(22)34)9-18(28(42)41(16)15-31(35,36)37)5-2-4-17-8-19-12-30(13-25(19)39-14-17)23-6-3-7-38-27(23)40-29(30)43/h2-4,6-8,10-11,14,16,18,21H,5,9,12-13,15H2,1H3,(H,38,40,43)/t16?,18-,21?,30?/m0/s1. The van der Waals surface area contributed by atoms with E-state index in [1.165, 1.54) is 6.92 Å². The number of nitrogens with one attached hydrogen (secondary N) is 1. The lowest BCUT2D eigenvalue weighted by molar-refractivity contribution is -0.172. The second-order valence-electron chi connectivity index (χ2n) is 11.5. The SMILES string of the molecule is CC1C(c2cc(F)cc(F)c2F)C[C@H](CC=Cc2cnc3c(c2)CC2(C3)C(=O)Nc3ncccc32)C(=O)N1CC(F)(F)F. The number of carbonyl (C=O) groups excluding carboxylic acids is 2. The lowest BCUT2D eigenvalue weighted by atomic mass is 9.77. The highest BCUT2D eigenvalue weighted by Gasteiger charge is 2.51. The van der Waals surface area contributed by atoms with Crippen molar-refractivity contribution in [2.45, 2.75) is 56.2 Å². The first kappa shape index (κ1) is 28.9. The van der Waals surface area contributed by atoms with E-state index in [0.29, 0.717) is 35.2 Å². The van der Waals surface area contributed by atoms with E-state index in [1.807, 2.05) is 12.1 Å². The Morgan fingerprint density at radius 2 is 1.91 bits per heavy atom. The zero-order chi connectivity index (χ0) is 30.7. The first-order chi connectivity index (χ1) is 20.4. The first-order valence-electron chi connectivity index (χ1n) is 13.8. The Hall–Kier alpha value is -4.22. The lowest BCUT2D eigenvalue weighted by Crippen LogP contribution is -2.53. The van der Waals surface area contributed by atoms with Crippen molar-refractivity contribution in [1.82, 2.24) is 14.9 Å². The minimum atomic E-state index is -4.72. The molecule has 2 aromatic heterocycles. The molecule has 12 heteroatoms. The molecule has 3 aromatic rings. The zero-order valence-corrected chi connectivity index (χ0v) is 22.9. The summed E-state index contributed by atoms with van der Waals surface area (Å²) in [4.78, 5) is 35.5. The molecule has 6 rings (SSSR count). The van der Waals surface area contributed by atoms with Crippen LogP contribution in [0.15, 0.2) is 48.8 Å². The third-order valence-electron chi connectivity index (χ3n) is 8.78. The van der Waals surface area contributed by atoms with E-state index in [2.05, 4.69) is 15.3 Å². The van der Waals surface area contributed by atoms with Gasteiger partial charge in [-0.25, -0.2) is 18.2 Å². The van der Waals surface area contributed by atoms with Crippen LogP contribution in [0.25, 0.3) is 6.08 Å². The van der Waals surface area contributed by atoms with Crippen LogP contribution in [-0.4, -0.2) is 45.4 Å². The van der Waals surface area contributed by atoms with Gasteiger partial charge in [0.2, 0.25) is 11.8 Å². The van der Waals surface area contributed by atoms with Gasteiger partial charge in [-0.05, 0) is 61.1 Å². The summed E-state index contributed by atoms with van der Waals surface area (Å²) >= 11 is 0. The first-order valence-corrected chi connectivity index (χ1v) is 13.8. The molecule has 43 heavy (non-hydrogen) atoms. The number of likely N-dealkylation sites (tertiary alicyclic amines) is 1. The van der Waals surface area contributed by atoms with Crippen molar-refractivity contribution >= 4 is 23.7 Å². The third kappa shape index (κ3) is 5.16. The Morgan fingerprint density at radius 1 is 1.12 bits per heavy atom. The smallest absolute Gasteiger partial charge is 0.330 e. The molecule has 1 saturated heterocycles. The Kier molecular flexibility index (Phi) is 7.05. The fourth-order valence-electron chi connectivity index (χ4n) is 6.70. The normalized spacial score (nSPS) is 25.0. The topological polar surface area (TPSA) is 75.2 Å². The Morgan fingerprint density at radius 3 is 2.67 bits per heavy atom. The van der Waals surface area contributed by atoms with Crippen LogP contribution >= 0.6 is 0 Å². The van der Waals surface area contributed by atoms with Crippen LogP contribution < -0.4 is 5.32 Å². The van der Waals surface area contributed by atoms with Gasteiger partial charge >= 0.3 is 6.18 Å². The van der Waals surface area contributed by atoms with E-state index in [-0.39, 0.29) is 18.7 Å². The number of nitrogens with zero attached hydrogens (tertiary/aromatic N) is 3. The summed E-state index contributed by atoms with van der Waals surface area (Å²) in [6.45, 7) is -0.240. The summed E-state index contributed by atoms with van der Waals surface area (Å²) in [5.41, 5.74) is 1.93. The number of amides is 2. The number of aromatic nitrogens is 2. The number of allylic oxidation sites excluding steroid dienone is 1. The average Bonchev–Trinajstić information content (AvgIpc) is 3.46. The van der Waals surface area contributed by atoms with E-state index in [1.54, 1.807) is 30.6 Å². The van der Waals surface area contributed by atoms with Crippen molar-refractivity contribution in [3.8, 4) is 0 Å². The third-order valence-corrected chi connectivity index (χ3v) is 8.78. The number of hydrogen-bond donors (Lipinski definition) is 1. The number of halogens is 6. The number of hydrogen-bond acceptors (Lipinski definition) is 4. The van der Waals surface area contributed by atoms with Gasteiger partial charge in [-0.2, -0.15) is 13.2 Å². The summed E-state index contributed by atoms with van der Waals surface area (Å²) in [5.74, 6) is -6.27. The van der Waals surface area contributed by atoms with Crippen molar-refractivity contribution in [2.75, 3.05) is 11.9 Å². The molecular formula is C31H26F6N4O2. The fourth-order valence-corrected chi connectivity index (χ4v) is 6.70. The van der Waals surface area contributed by atoms with E-state index < -0.39 is 64.9 Å². The van der Waals surface area contributed by atoms with Crippen molar-refractivity contribution in [1.29, 1.82) is 0 Å². The molecule has 1 spiro atoms. The van der Waals surface area contributed by atoms with Crippen LogP contribution in [0.4, 0.5) is 32.2 Å². The molecular weight excluding hydrogens is 574 g/mol. The van der Waals surface area contributed by atoms with Crippen LogP contribution in [0.1, 0.15) is 53.6 Å². The van der Waals surface area contributed by atoms with Gasteiger partial charge in [0, 0.05) is 54.0 Å². The minimum absolute atomic E-state index is 0.0122. The summed E-state index contributed by atoms with van der Waals surface area (Å²) in [7, 11) is 0. The maximum absolute atomic E-state index is 14.7. The van der Waals surface area contributed by atoms with Gasteiger partial charge in [0.15, 0.2) is 11.6 Å². The molecule has 4 heterocycles. The van der Waals surface area contributed by atoms with Crippen LogP contribution in [0, 0.1) is 23.4 Å². The second kappa shape index (κ2) is 10.5. The maximum Gasteiger partial charge on any atom is 0.406 e. The molecule has 1 aromatic carbocycles. The Balaban J connectivity index is 1.23. The molecule has 0 saturated carbocycles. The molecule has 2 aliphatic heterocycles. The fraction of sp³-hybridized carbons (Fsp3) is 0.355. The summed E-state index contributed by atoms with van der Waals surface area (Å²) in [5, 5.41) is 2.84. The number of rotatable bonds is 5. The monoisotopic (exact) mass is 600 g/mol. The second-order valence-corrected chi connectivity index (χ2v) is 11.5. The number of fused-ring (bicyclic) bond motifs is 3. The molecule has 1 fully saturated rings. The number of alkyl halides is 3. The van der Waals surface area contributed by atoms with Crippen LogP contribution in [0.3, 0.4) is 0 Å². The van der Waals surface area contributed by atoms with Gasteiger partial charge in [-0.1, -0.05) is 18.2 Å². The molecule has 2 amide bonds. The molecule has 0 radical (unpaired) electrons. The predicted molar refractivity (Wildman–Crippen MR) is 144 cm³/mol. The minimum Gasteiger partial charge on any atom is -0.330 e. The molecule has 3 aliphatic rings. The van der Waals surface area contributed by atoms with Crippen LogP contribution in [-0.2, 0) is 27.8 Å². The van der Waals surface area contributed by atoms with Gasteiger partial charge in [0.25, 0.3) is 0 Å². The highest BCUT2D eigenvalue weighted by Crippen LogP contribution is 2.46. The van der Waals surface area contributed by atoms with Crippen molar-refractivity contribution in [2.24, 2.45) is 5.92 Å². The maximum atomic E-state index is 14.7. The molecule has 3 unspecified atom stereocenters. The van der Waals surface area contributed by atoms with Gasteiger partial charge in [0.1, 0.15) is 18.2 Å². The summed E-state index contributed by atoms with van der Waals surface area (Å²) in [6, 6.07) is 5.52. The van der Waals surface area contributed by atoms with Gasteiger partial charge in [-0.15, -0.1) is 0 Å². The number of anilines is 1. The number of piperidine rings is 1.